The van der Waals surface area contributed by atoms with E-state index in [0.717, 1.165) is 36.7 Å². The number of anilines is 4. The SMILES string of the molecule is O=[N+]([O-])c1c(Nc2ccc(F)cc2)ncnc1Nc1cccc(C(F)(F)F)c1. The number of halogens is 4. The molecule has 1 aromatic heterocycles. The number of alkyl halides is 3. The smallest absolute Gasteiger partial charge is 0.334 e. The summed E-state index contributed by atoms with van der Waals surface area (Å²) in [4.78, 5) is 18.3. The van der Waals surface area contributed by atoms with Crippen molar-refractivity contribution in [1.82, 2.24) is 9.97 Å². The molecule has 3 rings (SSSR count). The van der Waals surface area contributed by atoms with Gasteiger partial charge in [-0.05, 0) is 42.5 Å². The van der Waals surface area contributed by atoms with Crippen LogP contribution in [0.15, 0.2) is 54.9 Å². The largest absolute Gasteiger partial charge is 0.416 e. The first-order valence-corrected chi connectivity index (χ1v) is 7.70. The molecule has 144 valence electrons. The summed E-state index contributed by atoms with van der Waals surface area (Å²) in [6.45, 7) is 0. The van der Waals surface area contributed by atoms with Gasteiger partial charge in [0.15, 0.2) is 0 Å². The summed E-state index contributed by atoms with van der Waals surface area (Å²) in [5.74, 6) is -1.00. The molecular weight excluding hydrogens is 382 g/mol. The number of hydrogen-bond acceptors (Lipinski definition) is 6. The summed E-state index contributed by atoms with van der Waals surface area (Å²) in [6.07, 6.45) is -3.56. The predicted molar refractivity (Wildman–Crippen MR) is 93.1 cm³/mol. The average molecular weight is 393 g/mol. The highest BCUT2D eigenvalue weighted by atomic mass is 19.4. The van der Waals surface area contributed by atoms with Crippen molar-refractivity contribution >= 4 is 28.7 Å². The Hall–Kier alpha value is -3.76. The van der Waals surface area contributed by atoms with Crippen LogP contribution in [0.3, 0.4) is 0 Å². The second kappa shape index (κ2) is 7.47. The third-order valence-electron chi connectivity index (χ3n) is 3.56. The van der Waals surface area contributed by atoms with Gasteiger partial charge in [-0.3, -0.25) is 10.1 Å². The zero-order chi connectivity index (χ0) is 20.3. The summed E-state index contributed by atoms with van der Waals surface area (Å²) < 4.78 is 51.6. The monoisotopic (exact) mass is 393 g/mol. The van der Waals surface area contributed by atoms with Crippen molar-refractivity contribution in [1.29, 1.82) is 0 Å². The molecule has 0 aliphatic heterocycles. The van der Waals surface area contributed by atoms with Gasteiger partial charge in [0.2, 0.25) is 11.6 Å². The van der Waals surface area contributed by atoms with E-state index in [0.29, 0.717) is 5.69 Å². The molecule has 1 heterocycles. The van der Waals surface area contributed by atoms with Crippen LogP contribution >= 0.6 is 0 Å². The lowest BCUT2D eigenvalue weighted by atomic mass is 10.2. The minimum Gasteiger partial charge on any atom is -0.334 e. The van der Waals surface area contributed by atoms with Crippen LogP contribution < -0.4 is 10.6 Å². The second-order valence-corrected chi connectivity index (χ2v) is 5.51. The Morgan fingerprint density at radius 1 is 0.929 bits per heavy atom. The number of nitrogens with zero attached hydrogens (tertiary/aromatic N) is 3. The zero-order valence-corrected chi connectivity index (χ0v) is 13.9. The maximum absolute atomic E-state index is 13.0. The summed E-state index contributed by atoms with van der Waals surface area (Å²) in [5, 5.41) is 16.7. The van der Waals surface area contributed by atoms with E-state index in [1.54, 1.807) is 0 Å². The molecule has 3 aromatic rings. The minimum atomic E-state index is -4.56. The highest BCUT2D eigenvalue weighted by Crippen LogP contribution is 2.35. The molecule has 0 fully saturated rings. The molecule has 2 N–H and O–H groups in total. The standard InChI is InChI=1S/C17H11F4N5O2/c18-11-4-6-12(7-5-11)24-15-14(26(27)28)16(23-9-22-15)25-13-3-1-2-10(8-13)17(19,20)21/h1-9H,(H2,22,23,24,25). The van der Waals surface area contributed by atoms with Crippen LogP contribution in [0, 0.1) is 15.9 Å². The first-order chi connectivity index (χ1) is 13.2. The molecule has 11 heteroatoms. The third kappa shape index (κ3) is 4.31. The molecule has 0 unspecified atom stereocenters. The van der Waals surface area contributed by atoms with E-state index < -0.39 is 28.2 Å². The zero-order valence-electron chi connectivity index (χ0n) is 13.9. The highest BCUT2D eigenvalue weighted by Gasteiger charge is 2.31. The van der Waals surface area contributed by atoms with Crippen LogP contribution in [0.5, 0.6) is 0 Å². The van der Waals surface area contributed by atoms with Gasteiger partial charge < -0.3 is 10.6 Å². The molecule has 0 amide bonds. The van der Waals surface area contributed by atoms with E-state index in [1.807, 2.05) is 0 Å². The van der Waals surface area contributed by atoms with E-state index in [1.165, 1.54) is 18.2 Å². The van der Waals surface area contributed by atoms with E-state index in [4.69, 9.17) is 0 Å². The average Bonchev–Trinajstić information content (AvgIpc) is 2.63. The van der Waals surface area contributed by atoms with Crippen molar-refractivity contribution in [3.8, 4) is 0 Å². The van der Waals surface area contributed by atoms with Crippen LogP contribution in [0.1, 0.15) is 5.56 Å². The van der Waals surface area contributed by atoms with Gasteiger partial charge in [0.05, 0.1) is 10.5 Å². The van der Waals surface area contributed by atoms with Crippen LogP contribution in [0.25, 0.3) is 0 Å². The van der Waals surface area contributed by atoms with Gasteiger partial charge in [0.25, 0.3) is 0 Å². The van der Waals surface area contributed by atoms with Gasteiger partial charge in [0.1, 0.15) is 12.1 Å². The Bertz CT molecular complexity index is 1010. The molecule has 0 saturated heterocycles. The summed E-state index contributed by atoms with van der Waals surface area (Å²) in [7, 11) is 0. The summed E-state index contributed by atoms with van der Waals surface area (Å²) in [6, 6.07) is 9.15. The Morgan fingerprint density at radius 2 is 1.54 bits per heavy atom. The highest BCUT2D eigenvalue weighted by molar-refractivity contribution is 5.76. The first-order valence-electron chi connectivity index (χ1n) is 7.70. The Balaban J connectivity index is 1.96. The molecule has 2 aromatic carbocycles. The lowest BCUT2D eigenvalue weighted by Crippen LogP contribution is -2.07. The lowest BCUT2D eigenvalue weighted by Gasteiger charge is -2.12. The van der Waals surface area contributed by atoms with Crippen molar-refractivity contribution in [2.75, 3.05) is 10.6 Å². The number of nitrogens with one attached hydrogen (secondary N) is 2. The molecule has 0 spiro atoms. The Morgan fingerprint density at radius 3 is 2.11 bits per heavy atom. The molecule has 0 aliphatic rings. The number of aromatic nitrogens is 2. The van der Waals surface area contributed by atoms with Crippen LogP contribution in [0.4, 0.5) is 46.3 Å². The van der Waals surface area contributed by atoms with E-state index in [-0.39, 0.29) is 17.3 Å². The molecule has 0 radical (unpaired) electrons. The number of hydrogen-bond donors (Lipinski definition) is 2. The van der Waals surface area contributed by atoms with Crippen LogP contribution in [-0.4, -0.2) is 14.9 Å². The lowest BCUT2D eigenvalue weighted by molar-refractivity contribution is -0.383. The van der Waals surface area contributed by atoms with Crippen LogP contribution in [0.2, 0.25) is 0 Å². The normalized spacial score (nSPS) is 11.1. The second-order valence-electron chi connectivity index (χ2n) is 5.51. The fourth-order valence-corrected chi connectivity index (χ4v) is 2.31. The quantitative estimate of drug-likeness (QED) is 0.359. The van der Waals surface area contributed by atoms with Crippen molar-refractivity contribution in [2.24, 2.45) is 0 Å². The van der Waals surface area contributed by atoms with Gasteiger partial charge in [0, 0.05) is 11.4 Å². The molecule has 28 heavy (non-hydrogen) atoms. The van der Waals surface area contributed by atoms with Gasteiger partial charge in [-0.1, -0.05) is 6.07 Å². The molecule has 0 saturated carbocycles. The molecule has 7 nitrogen and oxygen atoms in total. The number of benzene rings is 2. The van der Waals surface area contributed by atoms with Crippen LogP contribution in [-0.2, 0) is 6.18 Å². The maximum Gasteiger partial charge on any atom is 0.416 e. The molecular formula is C17H11F4N5O2. The van der Waals surface area contributed by atoms with Crippen molar-refractivity contribution in [3.05, 3.63) is 76.4 Å². The van der Waals surface area contributed by atoms with E-state index >= 15 is 0 Å². The molecule has 0 atom stereocenters. The van der Waals surface area contributed by atoms with Crippen molar-refractivity contribution in [3.63, 3.8) is 0 Å². The summed E-state index contributed by atoms with van der Waals surface area (Å²) >= 11 is 0. The Labute approximate surface area is 155 Å². The third-order valence-corrected chi connectivity index (χ3v) is 3.56. The van der Waals surface area contributed by atoms with Crippen molar-refractivity contribution < 1.29 is 22.5 Å². The maximum atomic E-state index is 13.0. The van der Waals surface area contributed by atoms with Gasteiger partial charge in [-0.15, -0.1) is 0 Å². The number of rotatable bonds is 5. The van der Waals surface area contributed by atoms with Gasteiger partial charge >= 0.3 is 11.9 Å². The topological polar surface area (TPSA) is 93.0 Å². The minimum absolute atomic E-state index is 0.0376. The van der Waals surface area contributed by atoms with Gasteiger partial charge in [-0.25, -0.2) is 14.4 Å². The fourth-order valence-electron chi connectivity index (χ4n) is 2.31. The van der Waals surface area contributed by atoms with Gasteiger partial charge in [-0.2, -0.15) is 13.2 Å². The Kier molecular flexibility index (Phi) is 5.07. The molecule has 0 aliphatic carbocycles. The fraction of sp³-hybridized carbons (Fsp3) is 0.0588. The predicted octanol–water partition coefficient (Wildman–Crippen LogP) is 5.03. The molecule has 0 bridgehead atoms. The first kappa shape index (κ1) is 19.0. The van der Waals surface area contributed by atoms with E-state index in [9.17, 15) is 27.7 Å². The summed E-state index contributed by atoms with van der Waals surface area (Å²) in [5.41, 5.74) is -1.21. The van der Waals surface area contributed by atoms with E-state index in [2.05, 4.69) is 20.6 Å². The van der Waals surface area contributed by atoms with Crippen molar-refractivity contribution in [2.45, 2.75) is 6.18 Å². The number of nitro groups is 1.